The van der Waals surface area contributed by atoms with E-state index in [0.717, 1.165) is 32.4 Å². The number of hydrogen-bond acceptors (Lipinski definition) is 3. The monoisotopic (exact) mass is 277 g/mol. The predicted octanol–water partition coefficient (Wildman–Crippen LogP) is 1.47. The van der Waals surface area contributed by atoms with Gasteiger partial charge in [-0.05, 0) is 30.7 Å². The van der Waals surface area contributed by atoms with Crippen LogP contribution >= 0.6 is 0 Å². The Morgan fingerprint density at radius 2 is 2.05 bits per heavy atom. The molecule has 20 heavy (non-hydrogen) atoms. The van der Waals surface area contributed by atoms with Crippen LogP contribution in [0.15, 0.2) is 23.1 Å². The number of nitrogens with two attached hydrogens (primary N) is 1. The Bertz CT molecular complexity index is 548. The average molecular weight is 277 g/mol. The lowest BCUT2D eigenvalue weighted by atomic mass is 9.85. The van der Waals surface area contributed by atoms with E-state index in [2.05, 4.69) is 13.8 Å². The first-order valence-corrected chi connectivity index (χ1v) is 7.11. The van der Waals surface area contributed by atoms with Crippen molar-refractivity contribution in [2.24, 2.45) is 5.41 Å². The first kappa shape index (κ1) is 14.6. The number of nitrogens with zero attached hydrogens (tertiary/aromatic N) is 2. The number of likely N-dealkylation sites (tertiary alicyclic amines) is 1. The fourth-order valence-electron chi connectivity index (χ4n) is 2.59. The zero-order chi connectivity index (χ0) is 14.8. The molecule has 1 aromatic heterocycles. The van der Waals surface area contributed by atoms with Gasteiger partial charge in [-0.25, -0.2) is 0 Å². The lowest BCUT2D eigenvalue weighted by Gasteiger charge is -2.23. The van der Waals surface area contributed by atoms with Gasteiger partial charge in [-0.1, -0.05) is 13.8 Å². The molecule has 110 valence electrons. The van der Waals surface area contributed by atoms with Crippen molar-refractivity contribution in [3.05, 3.63) is 28.7 Å². The molecule has 5 heteroatoms. The van der Waals surface area contributed by atoms with E-state index in [4.69, 9.17) is 5.73 Å². The molecule has 0 aliphatic carbocycles. The highest BCUT2D eigenvalue weighted by Crippen LogP contribution is 2.29. The van der Waals surface area contributed by atoms with Gasteiger partial charge in [0.15, 0.2) is 0 Å². The van der Waals surface area contributed by atoms with Crippen molar-refractivity contribution in [3.63, 3.8) is 0 Å². The summed E-state index contributed by atoms with van der Waals surface area (Å²) >= 11 is 0. The lowest BCUT2D eigenvalue weighted by Crippen LogP contribution is -2.37. The van der Waals surface area contributed by atoms with E-state index >= 15 is 0 Å². The van der Waals surface area contributed by atoms with E-state index in [9.17, 15) is 9.59 Å². The van der Waals surface area contributed by atoms with Crippen LogP contribution in [-0.4, -0.2) is 28.5 Å². The van der Waals surface area contributed by atoms with Crippen molar-refractivity contribution >= 4 is 11.6 Å². The molecule has 2 N–H and O–H groups in total. The zero-order valence-corrected chi connectivity index (χ0v) is 12.3. The molecule has 5 nitrogen and oxygen atoms in total. The van der Waals surface area contributed by atoms with Crippen LogP contribution in [-0.2, 0) is 11.3 Å². The minimum atomic E-state index is -0.192. The van der Waals surface area contributed by atoms with Gasteiger partial charge >= 0.3 is 0 Å². The van der Waals surface area contributed by atoms with Crippen molar-refractivity contribution in [1.29, 1.82) is 0 Å². The number of nitrogen functional groups attached to an aromatic ring is 1. The molecule has 2 rings (SSSR count). The predicted molar refractivity (Wildman–Crippen MR) is 79.3 cm³/mol. The second kappa shape index (κ2) is 5.69. The van der Waals surface area contributed by atoms with Crippen LogP contribution in [0.25, 0.3) is 0 Å². The Morgan fingerprint density at radius 3 is 2.80 bits per heavy atom. The van der Waals surface area contributed by atoms with Crippen molar-refractivity contribution in [2.45, 2.75) is 39.7 Å². The second-order valence-electron chi connectivity index (χ2n) is 6.33. The van der Waals surface area contributed by atoms with Crippen LogP contribution in [0, 0.1) is 5.41 Å². The van der Waals surface area contributed by atoms with E-state index in [1.807, 2.05) is 4.90 Å². The molecule has 1 aliphatic heterocycles. The van der Waals surface area contributed by atoms with Gasteiger partial charge < -0.3 is 15.2 Å². The molecule has 0 unspecified atom stereocenters. The molecule has 1 aromatic rings. The Kier molecular flexibility index (Phi) is 4.16. The first-order valence-electron chi connectivity index (χ1n) is 7.11. The minimum absolute atomic E-state index is 0.00426. The maximum Gasteiger partial charge on any atom is 0.251 e. The minimum Gasteiger partial charge on any atom is -0.398 e. The lowest BCUT2D eigenvalue weighted by molar-refractivity contribution is -0.131. The normalized spacial score (nSPS) is 18.6. The quantitative estimate of drug-likeness (QED) is 0.890. The molecule has 0 saturated carbocycles. The molecule has 0 aromatic carbocycles. The van der Waals surface area contributed by atoms with E-state index in [0.29, 0.717) is 11.1 Å². The molecule has 2 heterocycles. The number of carbonyl (C=O) groups is 1. The second-order valence-corrected chi connectivity index (χ2v) is 6.33. The average Bonchev–Trinajstić information content (AvgIpc) is 2.55. The van der Waals surface area contributed by atoms with Gasteiger partial charge in [-0.3, -0.25) is 9.59 Å². The summed E-state index contributed by atoms with van der Waals surface area (Å²) in [4.78, 5) is 25.9. The highest BCUT2D eigenvalue weighted by molar-refractivity contribution is 5.76. The Balaban J connectivity index is 2.05. The van der Waals surface area contributed by atoms with Gasteiger partial charge in [-0.2, -0.15) is 0 Å². The maximum atomic E-state index is 12.3. The van der Waals surface area contributed by atoms with Gasteiger partial charge in [0.05, 0.1) is 0 Å². The van der Waals surface area contributed by atoms with E-state index in [1.165, 1.54) is 16.8 Å². The third kappa shape index (κ3) is 3.62. The van der Waals surface area contributed by atoms with Crippen LogP contribution < -0.4 is 11.3 Å². The molecule has 0 atom stereocenters. The maximum absolute atomic E-state index is 12.3. The molecule has 0 bridgehead atoms. The van der Waals surface area contributed by atoms with E-state index in [-0.39, 0.29) is 18.0 Å². The summed E-state index contributed by atoms with van der Waals surface area (Å²) in [6, 6.07) is 2.95. The molecule has 0 spiro atoms. The van der Waals surface area contributed by atoms with Crippen LogP contribution in [0.4, 0.5) is 5.69 Å². The van der Waals surface area contributed by atoms with Crippen molar-refractivity contribution < 1.29 is 4.79 Å². The summed E-state index contributed by atoms with van der Waals surface area (Å²) < 4.78 is 1.38. The fourth-order valence-corrected chi connectivity index (χ4v) is 2.59. The summed E-state index contributed by atoms with van der Waals surface area (Å²) in [6.45, 7) is 6.10. The van der Waals surface area contributed by atoms with Gasteiger partial charge in [0.1, 0.15) is 6.54 Å². The Hall–Kier alpha value is -1.78. The van der Waals surface area contributed by atoms with Gasteiger partial charge in [0.2, 0.25) is 5.91 Å². The summed E-state index contributed by atoms with van der Waals surface area (Å²) in [7, 11) is 0. The molecule has 1 aliphatic rings. The van der Waals surface area contributed by atoms with Gasteiger partial charge in [0, 0.05) is 31.0 Å². The summed E-state index contributed by atoms with van der Waals surface area (Å²) in [5, 5.41) is 0. The standard InChI is InChI=1S/C15H23N3O2/c1-15(2)6-3-8-17(9-7-15)14(20)11-18-10-12(16)4-5-13(18)19/h4-5,10H,3,6-9,11,16H2,1-2H3. The Labute approximate surface area is 119 Å². The summed E-state index contributed by atoms with van der Waals surface area (Å²) in [5.74, 6) is -0.00426. The molecule has 1 saturated heterocycles. The summed E-state index contributed by atoms with van der Waals surface area (Å²) in [6.07, 6.45) is 4.69. The van der Waals surface area contributed by atoms with Crippen LogP contribution in [0.5, 0.6) is 0 Å². The molecule has 1 amide bonds. The number of hydrogen-bond donors (Lipinski definition) is 1. The highest BCUT2D eigenvalue weighted by atomic mass is 16.2. The summed E-state index contributed by atoms with van der Waals surface area (Å²) in [5.41, 5.74) is 6.26. The largest absolute Gasteiger partial charge is 0.398 e. The number of rotatable bonds is 2. The van der Waals surface area contributed by atoms with Crippen molar-refractivity contribution in [3.8, 4) is 0 Å². The number of amides is 1. The topological polar surface area (TPSA) is 68.3 Å². The number of pyridine rings is 1. The van der Waals surface area contributed by atoms with Gasteiger partial charge in [0.25, 0.3) is 5.56 Å². The number of aromatic nitrogens is 1. The number of carbonyl (C=O) groups excluding carboxylic acids is 1. The molecule has 0 radical (unpaired) electrons. The number of anilines is 1. The van der Waals surface area contributed by atoms with E-state index < -0.39 is 0 Å². The smallest absolute Gasteiger partial charge is 0.251 e. The SMILES string of the molecule is CC1(C)CCCN(C(=O)Cn2cc(N)ccc2=O)CC1. The van der Waals surface area contributed by atoms with Crippen LogP contribution in [0.2, 0.25) is 0 Å². The Morgan fingerprint density at radius 1 is 1.30 bits per heavy atom. The fraction of sp³-hybridized carbons (Fsp3) is 0.600. The van der Waals surface area contributed by atoms with Crippen LogP contribution in [0.1, 0.15) is 33.1 Å². The van der Waals surface area contributed by atoms with Crippen molar-refractivity contribution in [2.75, 3.05) is 18.8 Å². The third-order valence-corrected chi connectivity index (χ3v) is 4.00. The highest BCUT2D eigenvalue weighted by Gasteiger charge is 2.25. The third-order valence-electron chi connectivity index (χ3n) is 4.00. The molecular weight excluding hydrogens is 254 g/mol. The molecule has 1 fully saturated rings. The van der Waals surface area contributed by atoms with Crippen molar-refractivity contribution in [1.82, 2.24) is 9.47 Å². The zero-order valence-electron chi connectivity index (χ0n) is 12.3. The van der Waals surface area contributed by atoms with Crippen LogP contribution in [0.3, 0.4) is 0 Å². The van der Waals surface area contributed by atoms with Gasteiger partial charge in [-0.15, -0.1) is 0 Å². The first-order chi connectivity index (χ1) is 9.37. The molecular formula is C15H23N3O2. The van der Waals surface area contributed by atoms with E-state index in [1.54, 1.807) is 6.07 Å².